The van der Waals surface area contributed by atoms with Crippen molar-refractivity contribution in [3.05, 3.63) is 22.2 Å². The number of hydrogen-bond donors (Lipinski definition) is 1. The van der Waals surface area contributed by atoms with E-state index in [1.54, 1.807) is 6.07 Å². The highest BCUT2D eigenvalue weighted by Gasteiger charge is 2.17. The fraction of sp³-hybridized carbons (Fsp3) is 0.583. The molecule has 0 saturated carbocycles. The predicted octanol–water partition coefficient (Wildman–Crippen LogP) is 2.85. The second kappa shape index (κ2) is 6.78. The first-order valence-electron chi connectivity index (χ1n) is 6.06. The summed E-state index contributed by atoms with van der Waals surface area (Å²) >= 11 is 0. The summed E-state index contributed by atoms with van der Waals surface area (Å²) < 4.78 is 5.40. The second-order valence-corrected chi connectivity index (χ2v) is 4.34. The number of aromatic nitrogens is 1. The molecular weight excluding hydrogens is 234 g/mol. The highest BCUT2D eigenvalue weighted by atomic mass is 16.6. The molecule has 0 amide bonds. The van der Waals surface area contributed by atoms with Crippen LogP contribution in [0.4, 0.5) is 11.5 Å². The molecule has 1 N–H and O–H groups in total. The van der Waals surface area contributed by atoms with Gasteiger partial charge in [0.05, 0.1) is 11.5 Å². The van der Waals surface area contributed by atoms with Crippen LogP contribution in [-0.2, 0) is 0 Å². The Morgan fingerprint density at radius 1 is 1.50 bits per heavy atom. The third kappa shape index (κ3) is 4.20. The maximum atomic E-state index is 10.9. The van der Waals surface area contributed by atoms with E-state index in [1.807, 2.05) is 6.92 Å². The Morgan fingerprint density at radius 3 is 2.78 bits per heavy atom. The number of rotatable bonds is 7. The summed E-state index contributed by atoms with van der Waals surface area (Å²) in [6, 6.07) is 2.99. The van der Waals surface area contributed by atoms with Crippen molar-refractivity contribution in [2.75, 3.05) is 18.5 Å². The number of nitrogens with one attached hydrogen (secondary N) is 1. The second-order valence-electron chi connectivity index (χ2n) is 4.34. The molecule has 0 aromatic carbocycles. The Balaban J connectivity index is 2.82. The molecule has 0 aliphatic heterocycles. The van der Waals surface area contributed by atoms with Crippen LogP contribution in [0, 0.1) is 16.0 Å². The predicted molar refractivity (Wildman–Crippen MR) is 70.0 cm³/mol. The first-order chi connectivity index (χ1) is 8.54. The molecular formula is C12H19N3O3. The molecule has 0 fully saturated rings. The van der Waals surface area contributed by atoms with Crippen LogP contribution >= 0.6 is 0 Å². The van der Waals surface area contributed by atoms with Crippen molar-refractivity contribution in [1.82, 2.24) is 4.98 Å². The maximum Gasteiger partial charge on any atom is 0.331 e. The van der Waals surface area contributed by atoms with Crippen molar-refractivity contribution in [1.29, 1.82) is 0 Å². The molecule has 0 unspecified atom stereocenters. The van der Waals surface area contributed by atoms with E-state index in [0.717, 1.165) is 6.42 Å². The Kier molecular flexibility index (Phi) is 5.35. The molecule has 0 saturated heterocycles. The van der Waals surface area contributed by atoms with Crippen LogP contribution in [0.25, 0.3) is 0 Å². The van der Waals surface area contributed by atoms with Crippen LogP contribution in [0.2, 0.25) is 0 Å². The van der Waals surface area contributed by atoms with Crippen molar-refractivity contribution in [3.63, 3.8) is 0 Å². The van der Waals surface area contributed by atoms with Crippen LogP contribution in [0.15, 0.2) is 12.1 Å². The van der Waals surface area contributed by atoms with Gasteiger partial charge in [-0.3, -0.25) is 10.1 Å². The highest BCUT2D eigenvalue weighted by Crippen LogP contribution is 2.26. The van der Waals surface area contributed by atoms with E-state index in [4.69, 9.17) is 4.74 Å². The van der Waals surface area contributed by atoms with Crippen LogP contribution in [0.1, 0.15) is 27.2 Å². The van der Waals surface area contributed by atoms with Gasteiger partial charge in [0.25, 0.3) is 5.88 Å². The summed E-state index contributed by atoms with van der Waals surface area (Å²) in [6.45, 7) is 7.21. The molecule has 0 bridgehead atoms. The third-order valence-corrected chi connectivity index (χ3v) is 2.33. The molecule has 0 spiro atoms. The molecule has 1 rings (SSSR count). The standard InChI is InChI=1S/C12H19N3O3/c1-4-13-11-6-5-10(15(16)17)12(14-11)18-8-7-9(2)3/h5-6,9H,4,7-8H2,1-3H3,(H,13,14). The van der Waals surface area contributed by atoms with Gasteiger partial charge in [0.1, 0.15) is 5.82 Å². The van der Waals surface area contributed by atoms with Crippen molar-refractivity contribution in [2.24, 2.45) is 5.92 Å². The summed E-state index contributed by atoms with van der Waals surface area (Å²) in [4.78, 5) is 14.5. The van der Waals surface area contributed by atoms with Gasteiger partial charge in [-0.05, 0) is 25.3 Å². The van der Waals surface area contributed by atoms with E-state index in [0.29, 0.717) is 24.9 Å². The fourth-order valence-electron chi connectivity index (χ4n) is 1.35. The Bertz CT molecular complexity index is 408. The lowest BCUT2D eigenvalue weighted by Crippen LogP contribution is -2.07. The van der Waals surface area contributed by atoms with E-state index < -0.39 is 4.92 Å². The van der Waals surface area contributed by atoms with Crippen molar-refractivity contribution in [3.8, 4) is 5.88 Å². The number of anilines is 1. The van der Waals surface area contributed by atoms with Gasteiger partial charge in [-0.1, -0.05) is 13.8 Å². The summed E-state index contributed by atoms with van der Waals surface area (Å²) in [5, 5.41) is 13.9. The van der Waals surface area contributed by atoms with E-state index >= 15 is 0 Å². The largest absolute Gasteiger partial charge is 0.473 e. The molecule has 100 valence electrons. The van der Waals surface area contributed by atoms with Gasteiger partial charge in [-0.25, -0.2) is 0 Å². The first kappa shape index (κ1) is 14.2. The fourth-order valence-corrected chi connectivity index (χ4v) is 1.35. The number of hydrogen-bond acceptors (Lipinski definition) is 5. The van der Waals surface area contributed by atoms with E-state index in [1.165, 1.54) is 6.07 Å². The molecule has 1 heterocycles. The molecule has 0 atom stereocenters. The maximum absolute atomic E-state index is 10.9. The lowest BCUT2D eigenvalue weighted by Gasteiger charge is -2.09. The minimum Gasteiger partial charge on any atom is -0.473 e. The van der Waals surface area contributed by atoms with Gasteiger partial charge >= 0.3 is 5.69 Å². The number of ether oxygens (including phenoxy) is 1. The lowest BCUT2D eigenvalue weighted by atomic mass is 10.1. The van der Waals surface area contributed by atoms with Crippen LogP contribution < -0.4 is 10.1 Å². The smallest absolute Gasteiger partial charge is 0.331 e. The third-order valence-electron chi connectivity index (χ3n) is 2.33. The molecule has 0 aliphatic carbocycles. The van der Waals surface area contributed by atoms with E-state index in [9.17, 15) is 10.1 Å². The van der Waals surface area contributed by atoms with Crippen molar-refractivity contribution < 1.29 is 9.66 Å². The lowest BCUT2D eigenvalue weighted by molar-refractivity contribution is -0.386. The zero-order valence-electron chi connectivity index (χ0n) is 11.0. The van der Waals surface area contributed by atoms with Crippen molar-refractivity contribution in [2.45, 2.75) is 27.2 Å². The summed E-state index contributed by atoms with van der Waals surface area (Å²) in [7, 11) is 0. The SMILES string of the molecule is CCNc1ccc([N+](=O)[O-])c(OCCC(C)C)n1. The number of nitro groups is 1. The summed E-state index contributed by atoms with van der Waals surface area (Å²) in [6.07, 6.45) is 0.838. The summed E-state index contributed by atoms with van der Waals surface area (Å²) in [5.74, 6) is 1.16. The molecule has 1 aromatic heterocycles. The van der Waals surface area contributed by atoms with E-state index in [-0.39, 0.29) is 11.6 Å². The minimum atomic E-state index is -0.479. The zero-order chi connectivity index (χ0) is 13.5. The number of pyridine rings is 1. The van der Waals surface area contributed by atoms with Crippen LogP contribution in [-0.4, -0.2) is 23.1 Å². The zero-order valence-corrected chi connectivity index (χ0v) is 11.0. The highest BCUT2D eigenvalue weighted by molar-refractivity contribution is 5.48. The minimum absolute atomic E-state index is 0.0825. The van der Waals surface area contributed by atoms with Crippen LogP contribution in [0.5, 0.6) is 5.88 Å². The molecule has 6 nitrogen and oxygen atoms in total. The normalized spacial score (nSPS) is 10.4. The van der Waals surface area contributed by atoms with Crippen molar-refractivity contribution >= 4 is 11.5 Å². The topological polar surface area (TPSA) is 77.3 Å². The van der Waals surface area contributed by atoms with Gasteiger partial charge in [-0.2, -0.15) is 4.98 Å². The molecule has 18 heavy (non-hydrogen) atoms. The Hall–Kier alpha value is -1.85. The molecule has 6 heteroatoms. The quantitative estimate of drug-likeness (QED) is 0.597. The van der Waals surface area contributed by atoms with Gasteiger partial charge in [-0.15, -0.1) is 0 Å². The van der Waals surface area contributed by atoms with Gasteiger partial charge < -0.3 is 10.1 Å². The first-order valence-corrected chi connectivity index (χ1v) is 6.06. The van der Waals surface area contributed by atoms with Gasteiger partial charge in [0.2, 0.25) is 0 Å². The van der Waals surface area contributed by atoms with Gasteiger partial charge in [0, 0.05) is 12.6 Å². The monoisotopic (exact) mass is 253 g/mol. The number of nitrogens with zero attached hydrogens (tertiary/aromatic N) is 2. The molecule has 1 aromatic rings. The Morgan fingerprint density at radius 2 is 2.22 bits per heavy atom. The van der Waals surface area contributed by atoms with Gasteiger partial charge in [0.15, 0.2) is 0 Å². The van der Waals surface area contributed by atoms with Crippen LogP contribution in [0.3, 0.4) is 0 Å². The average molecular weight is 253 g/mol. The average Bonchev–Trinajstić information content (AvgIpc) is 2.29. The summed E-state index contributed by atoms with van der Waals surface area (Å²) in [5.41, 5.74) is -0.0968. The molecule has 0 aliphatic rings. The molecule has 0 radical (unpaired) electrons. The Labute approximate surface area is 107 Å². The van der Waals surface area contributed by atoms with E-state index in [2.05, 4.69) is 24.1 Å².